The molecule has 2 heterocycles. The Morgan fingerprint density at radius 3 is 1.73 bits per heavy atom. The Bertz CT molecular complexity index is 3390. The van der Waals surface area contributed by atoms with Crippen LogP contribution < -0.4 is 4.90 Å². The highest BCUT2D eigenvalue weighted by Crippen LogP contribution is 2.52. The van der Waals surface area contributed by atoms with Gasteiger partial charge in [0, 0.05) is 64.7 Å². The van der Waals surface area contributed by atoms with E-state index in [4.69, 9.17) is 0 Å². The van der Waals surface area contributed by atoms with Crippen molar-refractivity contribution in [2.45, 2.75) is 19.3 Å². The summed E-state index contributed by atoms with van der Waals surface area (Å²) in [5, 5.41) is 5.10. The summed E-state index contributed by atoms with van der Waals surface area (Å²) < 4.78 is 4.99. The second-order valence-electron chi connectivity index (χ2n) is 16.5. The topological polar surface area (TPSA) is 8.17 Å². The van der Waals surface area contributed by atoms with Crippen LogP contribution >= 0.6 is 11.3 Å². The lowest BCUT2D eigenvalue weighted by atomic mass is 9.82. The highest BCUT2D eigenvalue weighted by atomic mass is 32.1. The molecular weight excluding hydrogens is 745 g/mol. The van der Waals surface area contributed by atoms with Gasteiger partial charge in [0.2, 0.25) is 0 Å². The van der Waals surface area contributed by atoms with E-state index >= 15 is 0 Å². The molecule has 0 bridgehead atoms. The molecule has 9 aromatic carbocycles. The number of hydrogen-bond acceptors (Lipinski definition) is 2. The Kier molecular flexibility index (Phi) is 7.79. The molecule has 1 aliphatic rings. The monoisotopic (exact) mass is 784 g/mol. The minimum Gasteiger partial charge on any atom is -0.310 e. The summed E-state index contributed by atoms with van der Waals surface area (Å²) in [7, 11) is 0. The molecule has 0 spiro atoms. The van der Waals surface area contributed by atoms with Crippen LogP contribution in [-0.2, 0) is 5.41 Å². The molecule has 0 saturated heterocycles. The van der Waals surface area contributed by atoms with Gasteiger partial charge in [0.25, 0.3) is 0 Å². The molecule has 0 fully saturated rings. The molecule has 0 N–H and O–H groups in total. The van der Waals surface area contributed by atoms with E-state index in [9.17, 15) is 0 Å². The van der Waals surface area contributed by atoms with Crippen LogP contribution in [0.1, 0.15) is 25.0 Å². The van der Waals surface area contributed by atoms with Gasteiger partial charge in [-0.25, -0.2) is 0 Å². The average Bonchev–Trinajstić information content (AvgIpc) is 3.92. The first kappa shape index (κ1) is 34.8. The molecule has 12 rings (SSSR count). The van der Waals surface area contributed by atoms with E-state index in [0.717, 1.165) is 22.7 Å². The van der Waals surface area contributed by atoms with Crippen LogP contribution in [0.3, 0.4) is 0 Å². The van der Waals surface area contributed by atoms with Gasteiger partial charge in [0.15, 0.2) is 0 Å². The molecule has 0 amide bonds. The molecule has 0 saturated carbocycles. The number of benzene rings is 9. The Balaban J connectivity index is 1.06. The van der Waals surface area contributed by atoms with Crippen LogP contribution in [0.25, 0.3) is 81.0 Å². The van der Waals surface area contributed by atoms with Crippen molar-refractivity contribution in [3.63, 3.8) is 0 Å². The molecule has 11 aromatic rings. The van der Waals surface area contributed by atoms with Crippen LogP contribution in [0, 0.1) is 0 Å². The Hall–Kier alpha value is -7.20. The number of aromatic nitrogens is 1. The van der Waals surface area contributed by atoms with Crippen LogP contribution in [0.2, 0.25) is 0 Å². The largest absolute Gasteiger partial charge is 0.310 e. The van der Waals surface area contributed by atoms with Crippen molar-refractivity contribution in [3.8, 4) is 39.1 Å². The molecule has 1 aliphatic carbocycles. The van der Waals surface area contributed by atoms with Crippen LogP contribution in [0.4, 0.5) is 17.1 Å². The van der Waals surface area contributed by atoms with Crippen molar-refractivity contribution in [2.24, 2.45) is 0 Å². The van der Waals surface area contributed by atoms with Crippen LogP contribution in [0.5, 0.6) is 0 Å². The standard InChI is InChI=1S/C57H40N2S/c1-57(2)51-20-10-6-16-44(51)45-33-32-42(36-52(45)57)58(40-28-24-38(25-29-40)37-14-4-3-5-15-37)43-34-49(56-50(35-43)48-19-9-13-23-55(48)60-56)39-26-30-41(31-27-39)59-53-21-11-7-17-46(53)47-18-8-12-22-54(47)59/h3-36H,1-2H3. The van der Waals surface area contributed by atoms with Gasteiger partial charge < -0.3 is 9.47 Å². The maximum Gasteiger partial charge on any atom is 0.0541 e. The molecule has 3 heteroatoms. The zero-order valence-corrected chi connectivity index (χ0v) is 34.2. The van der Waals surface area contributed by atoms with Crippen molar-refractivity contribution >= 4 is 70.4 Å². The molecule has 2 aromatic heterocycles. The fourth-order valence-corrected chi connectivity index (χ4v) is 11.1. The lowest BCUT2D eigenvalue weighted by molar-refractivity contribution is 0.660. The summed E-state index contributed by atoms with van der Waals surface area (Å²) in [5.41, 5.74) is 17.1. The molecule has 0 radical (unpaired) electrons. The zero-order valence-electron chi connectivity index (χ0n) is 33.4. The van der Waals surface area contributed by atoms with E-state index < -0.39 is 0 Å². The first-order valence-corrected chi connectivity index (χ1v) is 21.6. The fraction of sp³-hybridized carbons (Fsp3) is 0.0526. The highest BCUT2D eigenvalue weighted by molar-refractivity contribution is 7.26. The van der Waals surface area contributed by atoms with E-state index in [1.54, 1.807) is 0 Å². The van der Waals surface area contributed by atoms with Crippen molar-refractivity contribution < 1.29 is 0 Å². The van der Waals surface area contributed by atoms with Gasteiger partial charge >= 0.3 is 0 Å². The number of para-hydroxylation sites is 2. The lowest BCUT2D eigenvalue weighted by Crippen LogP contribution is -2.16. The second kappa shape index (κ2) is 13.4. The van der Waals surface area contributed by atoms with E-state index in [2.05, 4.69) is 230 Å². The van der Waals surface area contributed by atoms with Gasteiger partial charge in [-0.2, -0.15) is 0 Å². The number of nitrogens with zero attached hydrogens (tertiary/aromatic N) is 2. The van der Waals surface area contributed by atoms with Gasteiger partial charge in [-0.3, -0.25) is 0 Å². The number of rotatable bonds is 6. The Morgan fingerprint density at radius 1 is 0.400 bits per heavy atom. The maximum absolute atomic E-state index is 2.47. The van der Waals surface area contributed by atoms with Crippen molar-refractivity contribution in [1.29, 1.82) is 0 Å². The first-order valence-electron chi connectivity index (χ1n) is 20.8. The van der Waals surface area contributed by atoms with Gasteiger partial charge in [-0.1, -0.05) is 153 Å². The normalized spacial score (nSPS) is 13.0. The summed E-state index contributed by atoms with van der Waals surface area (Å²) in [6, 6.07) is 76.1. The number of thiophene rings is 1. The highest BCUT2D eigenvalue weighted by Gasteiger charge is 2.36. The maximum atomic E-state index is 2.47. The molecular formula is C57H40N2S. The summed E-state index contributed by atoms with van der Waals surface area (Å²) in [5.74, 6) is 0. The molecule has 0 atom stereocenters. The molecule has 284 valence electrons. The van der Waals surface area contributed by atoms with Crippen molar-refractivity contribution in [3.05, 3.63) is 217 Å². The number of anilines is 3. The third-order valence-corrected chi connectivity index (χ3v) is 14.0. The Morgan fingerprint density at radius 2 is 0.983 bits per heavy atom. The Labute approximate surface area is 353 Å². The van der Waals surface area contributed by atoms with Gasteiger partial charge in [0.05, 0.1) is 11.0 Å². The van der Waals surface area contributed by atoms with Gasteiger partial charge in [-0.15, -0.1) is 11.3 Å². The van der Waals surface area contributed by atoms with Crippen molar-refractivity contribution in [2.75, 3.05) is 4.90 Å². The lowest BCUT2D eigenvalue weighted by Gasteiger charge is -2.29. The SMILES string of the molecule is CC1(C)c2ccccc2-c2ccc(N(c3ccc(-c4ccccc4)cc3)c3cc(-c4ccc(-n5c6ccccc6c6ccccc65)cc4)c4sc5ccccc5c4c3)cc21. The van der Waals surface area contributed by atoms with E-state index in [-0.39, 0.29) is 5.41 Å². The minimum atomic E-state index is -0.123. The summed E-state index contributed by atoms with van der Waals surface area (Å²) in [6.45, 7) is 4.73. The van der Waals surface area contributed by atoms with E-state index in [0.29, 0.717) is 0 Å². The summed E-state index contributed by atoms with van der Waals surface area (Å²) in [6.07, 6.45) is 0. The van der Waals surface area contributed by atoms with E-state index in [1.165, 1.54) is 86.5 Å². The van der Waals surface area contributed by atoms with Crippen molar-refractivity contribution in [1.82, 2.24) is 4.57 Å². The predicted molar refractivity (Wildman–Crippen MR) is 257 cm³/mol. The first-order chi connectivity index (χ1) is 29.5. The quantitative estimate of drug-likeness (QED) is 0.163. The second-order valence-corrected chi connectivity index (χ2v) is 17.6. The van der Waals surface area contributed by atoms with E-state index in [1.807, 2.05) is 11.3 Å². The zero-order chi connectivity index (χ0) is 40.0. The number of hydrogen-bond donors (Lipinski definition) is 0. The summed E-state index contributed by atoms with van der Waals surface area (Å²) in [4.78, 5) is 2.47. The molecule has 2 nitrogen and oxygen atoms in total. The smallest absolute Gasteiger partial charge is 0.0541 e. The van der Waals surface area contributed by atoms with Gasteiger partial charge in [0.1, 0.15) is 0 Å². The predicted octanol–water partition coefficient (Wildman–Crippen LogP) is 16.3. The van der Waals surface area contributed by atoms with Crippen LogP contribution in [0.15, 0.2) is 206 Å². The average molecular weight is 785 g/mol. The number of fused-ring (bicyclic) bond motifs is 9. The molecule has 0 aliphatic heterocycles. The third kappa shape index (κ3) is 5.33. The third-order valence-electron chi connectivity index (χ3n) is 12.8. The molecule has 60 heavy (non-hydrogen) atoms. The minimum absolute atomic E-state index is 0.123. The summed E-state index contributed by atoms with van der Waals surface area (Å²) >= 11 is 1.89. The van der Waals surface area contributed by atoms with Gasteiger partial charge in [-0.05, 0) is 106 Å². The van der Waals surface area contributed by atoms with Crippen LogP contribution in [-0.4, -0.2) is 4.57 Å². The fourth-order valence-electron chi connectivity index (χ4n) is 9.86. The molecule has 0 unspecified atom stereocenters.